The molecule has 0 aliphatic heterocycles. The van der Waals surface area contributed by atoms with Crippen molar-refractivity contribution in [1.29, 1.82) is 5.26 Å². The number of fused-ring (bicyclic) bond motifs is 1. The maximum atomic E-state index is 12.5. The summed E-state index contributed by atoms with van der Waals surface area (Å²) in [6.45, 7) is 2.06. The fourth-order valence-corrected chi connectivity index (χ4v) is 4.42. The van der Waals surface area contributed by atoms with E-state index in [1.807, 2.05) is 12.1 Å². The van der Waals surface area contributed by atoms with Gasteiger partial charge in [-0.05, 0) is 42.8 Å². The second-order valence-electron chi connectivity index (χ2n) is 7.81. The lowest BCUT2D eigenvalue weighted by Crippen LogP contribution is -2.14. The largest absolute Gasteiger partial charge is 0.478 e. The third-order valence-electron chi connectivity index (χ3n) is 5.30. The van der Waals surface area contributed by atoms with Crippen LogP contribution < -0.4 is 5.32 Å². The van der Waals surface area contributed by atoms with Crippen molar-refractivity contribution in [2.45, 2.75) is 24.8 Å². The number of nitrogens with one attached hydrogen (secondary N) is 1. The first kappa shape index (κ1) is 23.9. The zero-order chi connectivity index (χ0) is 24.8. The molecule has 0 bridgehead atoms. The van der Waals surface area contributed by atoms with E-state index in [0.717, 1.165) is 24.1 Å². The van der Waals surface area contributed by atoms with Crippen LogP contribution in [0.1, 0.15) is 35.0 Å². The number of carbonyl (C=O) groups excluding carboxylic acids is 1. The summed E-state index contributed by atoms with van der Waals surface area (Å²) in [5, 5.41) is 22.9. The molecule has 0 aliphatic rings. The van der Waals surface area contributed by atoms with Gasteiger partial charge in [0, 0.05) is 22.3 Å². The Morgan fingerprint density at radius 2 is 1.83 bits per heavy atom. The number of rotatable bonds is 8. The fraction of sp³-hybridized carbons (Fsp3) is 0.148. The standard InChI is InChI=1S/C27H22N4O3S/c1-2-5-19-13-10-18(15-28)26(30-19)35-16-25(32)29-20-11-8-17(9-12-20)24-14-22(27(33)34)21-6-3-4-7-23(21)31-24/h3-4,6-14H,2,5,16H2,1H3,(H,29,32)(H,33,34). The third-order valence-corrected chi connectivity index (χ3v) is 6.29. The Morgan fingerprint density at radius 1 is 1.06 bits per heavy atom. The van der Waals surface area contributed by atoms with Gasteiger partial charge >= 0.3 is 5.97 Å². The molecule has 0 spiro atoms. The number of para-hydroxylation sites is 1. The molecular weight excluding hydrogens is 460 g/mol. The zero-order valence-corrected chi connectivity index (χ0v) is 19.8. The third kappa shape index (κ3) is 5.65. The van der Waals surface area contributed by atoms with Crippen molar-refractivity contribution in [1.82, 2.24) is 9.97 Å². The van der Waals surface area contributed by atoms with Crippen LogP contribution in [0.2, 0.25) is 0 Å². The molecule has 35 heavy (non-hydrogen) atoms. The van der Waals surface area contributed by atoms with E-state index in [4.69, 9.17) is 0 Å². The molecule has 7 nitrogen and oxygen atoms in total. The number of aryl methyl sites for hydroxylation is 1. The number of benzene rings is 2. The molecule has 8 heteroatoms. The maximum Gasteiger partial charge on any atom is 0.336 e. The van der Waals surface area contributed by atoms with Crippen molar-refractivity contribution in [2.24, 2.45) is 0 Å². The summed E-state index contributed by atoms with van der Waals surface area (Å²) >= 11 is 1.23. The van der Waals surface area contributed by atoms with Crippen LogP contribution in [-0.2, 0) is 11.2 Å². The molecule has 0 fully saturated rings. The van der Waals surface area contributed by atoms with Crippen molar-refractivity contribution in [3.63, 3.8) is 0 Å². The number of aromatic nitrogens is 2. The average molecular weight is 483 g/mol. The molecule has 0 saturated carbocycles. The fourth-order valence-electron chi connectivity index (χ4n) is 3.62. The number of hydrogen-bond donors (Lipinski definition) is 2. The van der Waals surface area contributed by atoms with Gasteiger partial charge in [-0.15, -0.1) is 0 Å². The molecule has 4 rings (SSSR count). The van der Waals surface area contributed by atoms with Crippen molar-refractivity contribution in [2.75, 3.05) is 11.1 Å². The highest BCUT2D eigenvalue weighted by molar-refractivity contribution is 8.00. The topological polar surface area (TPSA) is 116 Å². The van der Waals surface area contributed by atoms with E-state index in [0.29, 0.717) is 32.9 Å². The summed E-state index contributed by atoms with van der Waals surface area (Å²) in [5.41, 5.74) is 4.03. The van der Waals surface area contributed by atoms with Crippen LogP contribution >= 0.6 is 11.8 Å². The number of carboxylic acid groups (broad SMARTS) is 1. The minimum absolute atomic E-state index is 0.118. The summed E-state index contributed by atoms with van der Waals surface area (Å²) in [5.74, 6) is -1.11. The summed E-state index contributed by atoms with van der Waals surface area (Å²) < 4.78 is 0. The van der Waals surface area contributed by atoms with E-state index in [9.17, 15) is 20.0 Å². The summed E-state index contributed by atoms with van der Waals surface area (Å²) in [7, 11) is 0. The van der Waals surface area contributed by atoms with Gasteiger partial charge in [0.2, 0.25) is 5.91 Å². The maximum absolute atomic E-state index is 12.5. The number of thioether (sulfide) groups is 1. The molecule has 0 aliphatic carbocycles. The molecule has 0 unspecified atom stereocenters. The van der Waals surface area contributed by atoms with Crippen LogP contribution in [-0.4, -0.2) is 32.7 Å². The van der Waals surface area contributed by atoms with Gasteiger partial charge in [-0.2, -0.15) is 5.26 Å². The lowest BCUT2D eigenvalue weighted by molar-refractivity contribution is -0.113. The van der Waals surface area contributed by atoms with Gasteiger partial charge in [0.05, 0.1) is 28.1 Å². The molecule has 2 aromatic carbocycles. The summed E-state index contributed by atoms with van der Waals surface area (Å²) in [6, 6.07) is 21.5. The van der Waals surface area contributed by atoms with Crippen LogP contribution in [0.15, 0.2) is 71.8 Å². The number of aromatic carboxylic acids is 1. The first-order valence-corrected chi connectivity index (χ1v) is 12.0. The Labute approximate surface area is 206 Å². The molecular formula is C27H22N4O3S. The van der Waals surface area contributed by atoms with Gasteiger partial charge in [0.1, 0.15) is 11.1 Å². The van der Waals surface area contributed by atoms with E-state index < -0.39 is 5.97 Å². The molecule has 0 saturated heterocycles. The Kier molecular flexibility index (Phi) is 7.38. The number of nitrogens with zero attached hydrogens (tertiary/aromatic N) is 3. The monoisotopic (exact) mass is 482 g/mol. The number of anilines is 1. The van der Waals surface area contributed by atoms with Gasteiger partial charge in [-0.1, -0.05) is 55.4 Å². The first-order valence-electron chi connectivity index (χ1n) is 11.0. The highest BCUT2D eigenvalue weighted by atomic mass is 32.2. The minimum atomic E-state index is -1.01. The van der Waals surface area contributed by atoms with Crippen molar-refractivity contribution < 1.29 is 14.7 Å². The van der Waals surface area contributed by atoms with Crippen LogP contribution in [0.4, 0.5) is 5.69 Å². The van der Waals surface area contributed by atoms with E-state index in [-0.39, 0.29) is 17.2 Å². The summed E-state index contributed by atoms with van der Waals surface area (Å²) in [4.78, 5) is 33.3. The number of carbonyl (C=O) groups is 2. The van der Waals surface area contributed by atoms with Gasteiger partial charge < -0.3 is 10.4 Å². The predicted octanol–water partition coefficient (Wildman–Crippen LogP) is 5.55. The van der Waals surface area contributed by atoms with Crippen molar-refractivity contribution >= 4 is 40.2 Å². The van der Waals surface area contributed by atoms with Crippen LogP contribution in [0.3, 0.4) is 0 Å². The smallest absolute Gasteiger partial charge is 0.336 e. The Hall–Kier alpha value is -4.22. The second kappa shape index (κ2) is 10.8. The van der Waals surface area contributed by atoms with E-state index in [2.05, 4.69) is 28.3 Å². The van der Waals surface area contributed by atoms with Crippen LogP contribution in [0, 0.1) is 11.3 Å². The molecule has 1 amide bonds. The Bertz CT molecular complexity index is 1450. The zero-order valence-electron chi connectivity index (χ0n) is 19.0. The lowest BCUT2D eigenvalue weighted by Gasteiger charge is -2.09. The molecule has 2 N–H and O–H groups in total. The van der Waals surface area contributed by atoms with Gasteiger partial charge in [0.25, 0.3) is 0 Å². The lowest BCUT2D eigenvalue weighted by atomic mass is 10.0. The highest BCUT2D eigenvalue weighted by Crippen LogP contribution is 2.26. The van der Waals surface area contributed by atoms with E-state index in [1.54, 1.807) is 54.6 Å². The van der Waals surface area contributed by atoms with Crippen LogP contribution in [0.25, 0.3) is 22.2 Å². The molecule has 4 aromatic rings. The average Bonchev–Trinajstić information content (AvgIpc) is 2.87. The van der Waals surface area contributed by atoms with Crippen molar-refractivity contribution in [3.05, 3.63) is 83.6 Å². The molecule has 2 heterocycles. The summed E-state index contributed by atoms with van der Waals surface area (Å²) in [6.07, 6.45) is 1.77. The molecule has 0 radical (unpaired) electrons. The van der Waals surface area contributed by atoms with E-state index >= 15 is 0 Å². The SMILES string of the molecule is CCCc1ccc(C#N)c(SCC(=O)Nc2ccc(-c3cc(C(=O)O)c4ccccc4n3)cc2)n1. The Balaban J connectivity index is 1.46. The first-order chi connectivity index (χ1) is 17.0. The van der Waals surface area contributed by atoms with Gasteiger partial charge in [-0.25, -0.2) is 14.8 Å². The quantitative estimate of drug-likeness (QED) is 0.316. The number of nitriles is 1. The number of amides is 1. The van der Waals surface area contributed by atoms with Gasteiger partial charge in [0.15, 0.2) is 0 Å². The normalized spacial score (nSPS) is 10.6. The number of hydrogen-bond acceptors (Lipinski definition) is 6. The van der Waals surface area contributed by atoms with Gasteiger partial charge in [-0.3, -0.25) is 4.79 Å². The molecule has 0 atom stereocenters. The molecule has 2 aromatic heterocycles. The second-order valence-corrected chi connectivity index (χ2v) is 8.77. The van der Waals surface area contributed by atoms with Crippen molar-refractivity contribution in [3.8, 4) is 17.3 Å². The number of carboxylic acids is 1. The van der Waals surface area contributed by atoms with E-state index in [1.165, 1.54) is 11.8 Å². The Morgan fingerprint density at radius 3 is 2.54 bits per heavy atom. The number of pyridine rings is 2. The highest BCUT2D eigenvalue weighted by Gasteiger charge is 2.13. The van der Waals surface area contributed by atoms with Crippen LogP contribution in [0.5, 0.6) is 0 Å². The predicted molar refractivity (Wildman–Crippen MR) is 136 cm³/mol. The minimum Gasteiger partial charge on any atom is -0.478 e. The molecule has 174 valence electrons.